The number of carboxylic acids is 1. The first-order valence-corrected chi connectivity index (χ1v) is 14.0. The summed E-state index contributed by atoms with van der Waals surface area (Å²) in [6, 6.07) is 23.6. The molecule has 1 unspecified atom stereocenters. The second-order valence-corrected chi connectivity index (χ2v) is 9.94. The van der Waals surface area contributed by atoms with E-state index in [1.165, 1.54) is 5.39 Å². The Kier molecular flexibility index (Phi) is 14.3. The van der Waals surface area contributed by atoms with Crippen LogP contribution in [0.4, 0.5) is 0 Å². The summed E-state index contributed by atoms with van der Waals surface area (Å²) in [6.07, 6.45) is 4.58. The van der Waals surface area contributed by atoms with Gasteiger partial charge in [-0.1, -0.05) is 78.9 Å². The maximum atomic E-state index is 13.4. The van der Waals surface area contributed by atoms with Crippen LogP contribution in [0.3, 0.4) is 0 Å². The highest BCUT2D eigenvalue weighted by Gasteiger charge is 2.30. The fourth-order valence-electron chi connectivity index (χ4n) is 4.34. The van der Waals surface area contributed by atoms with Crippen molar-refractivity contribution >= 4 is 28.6 Å². The zero-order valence-corrected chi connectivity index (χ0v) is 24.8. The van der Waals surface area contributed by atoms with Crippen molar-refractivity contribution in [2.24, 2.45) is 0 Å². The number of carboxylic acid groups (broad SMARTS) is 1. The summed E-state index contributed by atoms with van der Waals surface area (Å²) in [7, 11) is 5.35. The smallest absolute Gasteiger partial charge is 0.327 e. The molecule has 0 saturated heterocycles. The Hall–Kier alpha value is -4.01. The minimum absolute atomic E-state index is 0.0946. The van der Waals surface area contributed by atoms with Crippen molar-refractivity contribution in [3.8, 4) is 0 Å². The average molecular weight is 561 g/mol. The van der Waals surface area contributed by atoms with Gasteiger partial charge in [0.25, 0.3) is 0 Å². The van der Waals surface area contributed by atoms with Crippen molar-refractivity contribution in [3.63, 3.8) is 0 Å². The van der Waals surface area contributed by atoms with Crippen molar-refractivity contribution in [2.75, 3.05) is 27.7 Å². The summed E-state index contributed by atoms with van der Waals surface area (Å²) in [6.45, 7) is 4.40. The summed E-state index contributed by atoms with van der Waals surface area (Å²) >= 11 is 0. The van der Waals surface area contributed by atoms with Gasteiger partial charge in [0.1, 0.15) is 6.04 Å². The number of fused-ring (bicyclic) bond motifs is 1. The van der Waals surface area contributed by atoms with Crippen molar-refractivity contribution < 1.29 is 19.5 Å². The molecule has 41 heavy (non-hydrogen) atoms. The number of carbonyl (C=O) groups is 3. The van der Waals surface area contributed by atoms with Crippen LogP contribution in [-0.4, -0.2) is 73.6 Å². The van der Waals surface area contributed by atoms with Crippen LogP contribution in [0.1, 0.15) is 31.4 Å². The van der Waals surface area contributed by atoms with E-state index in [-0.39, 0.29) is 11.8 Å². The molecule has 0 heterocycles. The number of hydrogen-bond donors (Lipinski definition) is 4. The molecule has 0 radical (unpaired) electrons. The summed E-state index contributed by atoms with van der Waals surface area (Å²) in [5.74, 6) is -1.12. The minimum Gasteiger partial charge on any atom is -0.478 e. The number of amides is 2. The van der Waals surface area contributed by atoms with Gasteiger partial charge in [-0.2, -0.15) is 0 Å². The van der Waals surface area contributed by atoms with E-state index in [4.69, 9.17) is 5.11 Å². The molecule has 4 N–H and O–H groups in total. The standard InChI is InChI=1S/C26H31N3O2.C7H13NO2/c1-4-28-25(30)24(18-19-10-6-5-7-11-19)29(3)26(31)23(27-2)17-20-14-15-21-12-8-9-13-22(21)16-20;1-6(8-2)4-3-5-7(9)10/h5-16,23-24,27H,4,17-18H2,1-3H3,(H,28,30);3,5-6,8H,4H2,1-2H3,(H,9,10)/t23-,24-;/m1./s1. The molecule has 3 rings (SSSR count). The molecule has 0 spiro atoms. The lowest BCUT2D eigenvalue weighted by atomic mass is 9.99. The molecular weight excluding hydrogens is 516 g/mol. The quantitative estimate of drug-likeness (QED) is 0.237. The third-order valence-corrected chi connectivity index (χ3v) is 6.88. The maximum Gasteiger partial charge on any atom is 0.327 e. The fraction of sp³-hybridized carbons (Fsp3) is 0.364. The maximum absolute atomic E-state index is 13.4. The predicted octanol–water partition coefficient (Wildman–Crippen LogP) is 3.80. The third-order valence-electron chi connectivity index (χ3n) is 6.88. The van der Waals surface area contributed by atoms with Crippen LogP contribution in [0.5, 0.6) is 0 Å². The highest BCUT2D eigenvalue weighted by molar-refractivity contribution is 5.90. The molecule has 3 aromatic carbocycles. The van der Waals surface area contributed by atoms with Gasteiger partial charge in [-0.3, -0.25) is 9.59 Å². The predicted molar refractivity (Wildman–Crippen MR) is 166 cm³/mol. The van der Waals surface area contributed by atoms with Gasteiger partial charge in [-0.15, -0.1) is 0 Å². The van der Waals surface area contributed by atoms with Crippen molar-refractivity contribution in [3.05, 3.63) is 96.1 Å². The molecule has 0 aliphatic carbocycles. The van der Waals surface area contributed by atoms with Gasteiger partial charge >= 0.3 is 5.97 Å². The van der Waals surface area contributed by atoms with Crippen molar-refractivity contribution in [1.29, 1.82) is 0 Å². The molecule has 8 nitrogen and oxygen atoms in total. The molecule has 3 aromatic rings. The highest BCUT2D eigenvalue weighted by atomic mass is 16.4. The van der Waals surface area contributed by atoms with Crippen LogP contribution in [0, 0.1) is 0 Å². The first-order chi connectivity index (χ1) is 19.7. The van der Waals surface area contributed by atoms with E-state index in [0.717, 1.165) is 29.0 Å². The summed E-state index contributed by atoms with van der Waals surface area (Å²) in [5.41, 5.74) is 2.10. The number of likely N-dealkylation sites (N-methyl/N-ethyl adjacent to an activating group) is 3. The summed E-state index contributed by atoms with van der Waals surface area (Å²) in [5, 5.41) is 19.5. The van der Waals surface area contributed by atoms with E-state index in [0.29, 0.717) is 25.4 Å². The van der Waals surface area contributed by atoms with Crippen LogP contribution >= 0.6 is 0 Å². The van der Waals surface area contributed by atoms with Gasteiger partial charge in [-0.25, -0.2) is 4.79 Å². The second-order valence-electron chi connectivity index (χ2n) is 9.94. The zero-order chi connectivity index (χ0) is 30.2. The molecule has 0 bridgehead atoms. The normalized spacial score (nSPS) is 13.1. The number of benzene rings is 3. The molecule has 2 amide bonds. The van der Waals surface area contributed by atoms with Gasteiger partial charge in [0.15, 0.2) is 0 Å². The molecule has 0 aromatic heterocycles. The molecule has 0 fully saturated rings. The van der Waals surface area contributed by atoms with Gasteiger partial charge in [0, 0.05) is 32.1 Å². The lowest BCUT2D eigenvalue weighted by Crippen LogP contribution is -2.54. The van der Waals surface area contributed by atoms with Crippen LogP contribution in [0.15, 0.2) is 84.9 Å². The Labute approximate surface area is 243 Å². The molecule has 0 aliphatic heterocycles. The van der Waals surface area contributed by atoms with E-state index >= 15 is 0 Å². The lowest BCUT2D eigenvalue weighted by molar-refractivity contribution is -0.140. The van der Waals surface area contributed by atoms with Crippen LogP contribution < -0.4 is 16.0 Å². The number of carbonyl (C=O) groups excluding carboxylic acids is 2. The van der Waals surface area contributed by atoms with Crippen molar-refractivity contribution in [2.45, 2.75) is 51.2 Å². The van der Waals surface area contributed by atoms with Gasteiger partial charge < -0.3 is 26.0 Å². The first-order valence-electron chi connectivity index (χ1n) is 14.0. The average Bonchev–Trinajstić information content (AvgIpc) is 2.98. The van der Waals surface area contributed by atoms with E-state index in [2.05, 4.69) is 46.3 Å². The Morgan fingerprint density at radius 3 is 2.15 bits per heavy atom. The summed E-state index contributed by atoms with van der Waals surface area (Å²) < 4.78 is 0. The SMILES string of the molecule is CCNC(=O)[C@@H](Cc1ccccc1)N(C)C(=O)[C@@H](Cc1ccc2ccccc2c1)NC.CNC(C)CC=CC(=O)O. The van der Waals surface area contributed by atoms with E-state index in [1.807, 2.05) is 63.4 Å². The van der Waals surface area contributed by atoms with E-state index in [1.54, 1.807) is 25.1 Å². The first kappa shape index (κ1) is 33.2. The van der Waals surface area contributed by atoms with E-state index < -0.39 is 18.1 Å². The number of nitrogens with zero attached hydrogens (tertiary/aromatic N) is 1. The highest BCUT2D eigenvalue weighted by Crippen LogP contribution is 2.18. The number of aliphatic carboxylic acids is 1. The number of nitrogens with one attached hydrogen (secondary N) is 3. The van der Waals surface area contributed by atoms with Crippen LogP contribution in [0.25, 0.3) is 10.8 Å². The Balaban J connectivity index is 0.000000503. The molecule has 0 saturated carbocycles. The molecular formula is C33H44N4O4. The topological polar surface area (TPSA) is 111 Å². The largest absolute Gasteiger partial charge is 0.478 e. The van der Waals surface area contributed by atoms with Crippen molar-refractivity contribution in [1.82, 2.24) is 20.9 Å². The van der Waals surface area contributed by atoms with Crippen LogP contribution in [-0.2, 0) is 27.2 Å². The molecule has 220 valence electrons. The molecule has 3 atom stereocenters. The Morgan fingerprint density at radius 2 is 1.54 bits per heavy atom. The number of rotatable bonds is 13. The lowest BCUT2D eigenvalue weighted by Gasteiger charge is -2.30. The molecule has 8 heteroatoms. The summed E-state index contributed by atoms with van der Waals surface area (Å²) in [4.78, 5) is 37.7. The van der Waals surface area contributed by atoms with Gasteiger partial charge in [-0.05, 0) is 62.7 Å². The monoisotopic (exact) mass is 560 g/mol. The van der Waals surface area contributed by atoms with E-state index in [9.17, 15) is 14.4 Å². The molecule has 0 aliphatic rings. The zero-order valence-electron chi connectivity index (χ0n) is 24.8. The van der Waals surface area contributed by atoms with Gasteiger partial charge in [0.05, 0.1) is 6.04 Å². The third kappa shape index (κ3) is 11.2. The van der Waals surface area contributed by atoms with Gasteiger partial charge in [0.2, 0.25) is 11.8 Å². The fourth-order valence-corrected chi connectivity index (χ4v) is 4.34. The Bertz CT molecular complexity index is 1280. The second kappa shape index (κ2) is 17.6. The Morgan fingerprint density at radius 1 is 0.878 bits per heavy atom. The minimum atomic E-state index is -0.886. The van der Waals surface area contributed by atoms with Crippen LogP contribution in [0.2, 0.25) is 0 Å². The number of hydrogen-bond acceptors (Lipinski definition) is 5.